The first-order valence-electron chi connectivity index (χ1n) is 4.40. The molecule has 0 spiro atoms. The normalized spacial score (nSPS) is 33.2. The average Bonchev–Trinajstić information content (AvgIpc) is 2.03. The van der Waals surface area contributed by atoms with Crippen LogP contribution in [-0.2, 0) is 4.79 Å². The molecule has 13 heavy (non-hydrogen) atoms. The van der Waals surface area contributed by atoms with Gasteiger partial charge in [0.05, 0.1) is 0 Å². The Morgan fingerprint density at radius 1 is 1.46 bits per heavy atom. The van der Waals surface area contributed by atoms with Crippen molar-refractivity contribution in [2.24, 2.45) is 5.41 Å². The number of hydrogen-bond acceptors (Lipinski definition) is 2. The van der Waals surface area contributed by atoms with Crippen LogP contribution in [0.5, 0.6) is 0 Å². The number of ketones is 1. The first-order valence-corrected chi connectivity index (χ1v) is 4.40. The van der Waals surface area contributed by atoms with Crippen LogP contribution in [0.2, 0.25) is 0 Å². The summed E-state index contributed by atoms with van der Waals surface area (Å²) in [5.41, 5.74) is -0.781. The zero-order valence-corrected chi connectivity index (χ0v) is 8.42. The van der Waals surface area contributed by atoms with Crippen LogP contribution in [0.4, 0.5) is 0 Å². The molecule has 0 aromatic carbocycles. The van der Waals surface area contributed by atoms with E-state index in [1.165, 1.54) is 12.2 Å². The maximum atomic E-state index is 11.5. The maximum absolute atomic E-state index is 11.5. The molecule has 0 bridgehead atoms. The first kappa shape index (κ1) is 10.2. The summed E-state index contributed by atoms with van der Waals surface area (Å²) in [6.07, 6.45) is 3.51. The zero-order valence-electron chi connectivity index (χ0n) is 8.42. The van der Waals surface area contributed by atoms with Gasteiger partial charge in [-0.2, -0.15) is 0 Å². The van der Waals surface area contributed by atoms with E-state index in [-0.39, 0.29) is 5.78 Å². The largest absolute Gasteiger partial charge is 0.382 e. The molecule has 1 aliphatic rings. The predicted molar refractivity (Wildman–Crippen MR) is 52.3 cm³/mol. The van der Waals surface area contributed by atoms with E-state index >= 15 is 0 Å². The highest BCUT2D eigenvalue weighted by molar-refractivity contribution is 5.95. The summed E-state index contributed by atoms with van der Waals surface area (Å²) < 4.78 is 0. The summed E-state index contributed by atoms with van der Waals surface area (Å²) >= 11 is 0. The van der Waals surface area contributed by atoms with Gasteiger partial charge in [-0.3, -0.25) is 4.79 Å². The Kier molecular flexibility index (Phi) is 2.20. The Balaban J connectivity index is 3.08. The first-order chi connectivity index (χ1) is 5.76. The molecule has 0 aromatic heterocycles. The lowest BCUT2D eigenvalue weighted by molar-refractivity contribution is -0.122. The SMILES string of the molecule is C=C1CC(C)(C)C(=O)C=CC1(C)O. The van der Waals surface area contributed by atoms with Crippen LogP contribution in [0, 0.1) is 5.41 Å². The molecule has 0 fully saturated rings. The molecule has 0 aromatic rings. The quantitative estimate of drug-likeness (QED) is 0.578. The smallest absolute Gasteiger partial charge is 0.161 e. The van der Waals surface area contributed by atoms with Crippen LogP contribution in [0.1, 0.15) is 27.2 Å². The minimum absolute atomic E-state index is 0.0476. The summed E-state index contributed by atoms with van der Waals surface area (Å²) in [6, 6.07) is 0. The van der Waals surface area contributed by atoms with Gasteiger partial charge in [-0.05, 0) is 31.1 Å². The fourth-order valence-corrected chi connectivity index (χ4v) is 1.38. The Labute approximate surface area is 79.0 Å². The number of hydrogen-bond donors (Lipinski definition) is 1. The van der Waals surface area contributed by atoms with Gasteiger partial charge in [0.25, 0.3) is 0 Å². The Hall–Kier alpha value is -0.890. The van der Waals surface area contributed by atoms with Crippen molar-refractivity contribution in [3.8, 4) is 0 Å². The monoisotopic (exact) mass is 180 g/mol. The molecule has 0 radical (unpaired) electrons. The Bertz CT molecular complexity index is 282. The fourth-order valence-electron chi connectivity index (χ4n) is 1.38. The molecule has 2 heteroatoms. The van der Waals surface area contributed by atoms with Gasteiger partial charge in [-0.15, -0.1) is 0 Å². The van der Waals surface area contributed by atoms with Crippen LogP contribution in [0.15, 0.2) is 24.3 Å². The number of aliphatic hydroxyl groups is 1. The lowest BCUT2D eigenvalue weighted by Gasteiger charge is -2.25. The van der Waals surface area contributed by atoms with E-state index in [4.69, 9.17) is 0 Å². The Morgan fingerprint density at radius 2 is 2.00 bits per heavy atom. The topological polar surface area (TPSA) is 37.3 Å². The van der Waals surface area contributed by atoms with E-state index in [9.17, 15) is 9.90 Å². The lowest BCUT2D eigenvalue weighted by Crippen LogP contribution is -2.26. The zero-order chi connectivity index (χ0) is 10.3. The van der Waals surface area contributed by atoms with E-state index < -0.39 is 11.0 Å². The van der Waals surface area contributed by atoms with Crippen molar-refractivity contribution in [1.82, 2.24) is 0 Å². The van der Waals surface area contributed by atoms with E-state index in [1.807, 2.05) is 13.8 Å². The minimum atomic E-state index is -1.04. The second-order valence-electron chi connectivity index (χ2n) is 4.51. The molecule has 2 nitrogen and oxygen atoms in total. The minimum Gasteiger partial charge on any atom is -0.382 e. The van der Waals surface area contributed by atoms with Crippen LogP contribution in [0.25, 0.3) is 0 Å². The van der Waals surface area contributed by atoms with Crippen LogP contribution in [-0.4, -0.2) is 16.5 Å². The van der Waals surface area contributed by atoms with Crippen molar-refractivity contribution in [3.05, 3.63) is 24.3 Å². The van der Waals surface area contributed by atoms with Crippen molar-refractivity contribution in [2.45, 2.75) is 32.8 Å². The van der Waals surface area contributed by atoms with Gasteiger partial charge >= 0.3 is 0 Å². The average molecular weight is 180 g/mol. The summed E-state index contributed by atoms with van der Waals surface area (Å²) in [5.74, 6) is 0.0476. The van der Waals surface area contributed by atoms with Crippen molar-refractivity contribution >= 4 is 5.78 Å². The number of rotatable bonds is 0. The van der Waals surface area contributed by atoms with E-state index in [1.54, 1.807) is 6.92 Å². The molecule has 72 valence electrons. The molecule has 0 heterocycles. The fraction of sp³-hybridized carbons (Fsp3) is 0.545. The Morgan fingerprint density at radius 3 is 2.54 bits per heavy atom. The van der Waals surface area contributed by atoms with Crippen molar-refractivity contribution in [3.63, 3.8) is 0 Å². The van der Waals surface area contributed by atoms with Crippen LogP contribution < -0.4 is 0 Å². The number of carbonyl (C=O) groups is 1. The molecular formula is C11H16O2. The summed E-state index contributed by atoms with van der Waals surface area (Å²) in [4.78, 5) is 11.5. The molecule has 0 aliphatic heterocycles. The standard InChI is InChI=1S/C11H16O2/c1-8-7-10(2,3)9(12)5-6-11(8,4)13/h5-6,13H,1,7H2,2-4H3. The number of allylic oxidation sites excluding steroid dienone is 1. The van der Waals surface area contributed by atoms with E-state index in [0.717, 1.165) is 0 Å². The molecule has 1 unspecified atom stereocenters. The van der Waals surface area contributed by atoms with Gasteiger partial charge in [0.1, 0.15) is 5.60 Å². The van der Waals surface area contributed by atoms with Crippen LogP contribution >= 0.6 is 0 Å². The van der Waals surface area contributed by atoms with Crippen molar-refractivity contribution in [2.75, 3.05) is 0 Å². The lowest BCUT2D eigenvalue weighted by atomic mass is 9.81. The molecule has 1 rings (SSSR count). The molecule has 1 atom stereocenters. The van der Waals surface area contributed by atoms with Gasteiger partial charge in [0.2, 0.25) is 0 Å². The summed E-state index contributed by atoms with van der Waals surface area (Å²) in [7, 11) is 0. The van der Waals surface area contributed by atoms with Gasteiger partial charge < -0.3 is 5.11 Å². The highest BCUT2D eigenvalue weighted by atomic mass is 16.3. The third-order valence-corrected chi connectivity index (χ3v) is 2.60. The third kappa shape index (κ3) is 1.89. The number of carbonyl (C=O) groups excluding carboxylic acids is 1. The second kappa shape index (κ2) is 2.81. The molecular weight excluding hydrogens is 164 g/mol. The molecule has 0 saturated heterocycles. The molecule has 1 N–H and O–H groups in total. The molecule has 0 saturated carbocycles. The van der Waals surface area contributed by atoms with E-state index in [0.29, 0.717) is 12.0 Å². The van der Waals surface area contributed by atoms with E-state index in [2.05, 4.69) is 6.58 Å². The predicted octanol–water partition coefficient (Wildman–Crippen LogP) is 1.85. The van der Waals surface area contributed by atoms with Gasteiger partial charge in [0.15, 0.2) is 5.78 Å². The summed E-state index contributed by atoms with van der Waals surface area (Å²) in [6.45, 7) is 9.19. The van der Waals surface area contributed by atoms with Gasteiger partial charge in [0, 0.05) is 5.41 Å². The maximum Gasteiger partial charge on any atom is 0.161 e. The highest BCUT2D eigenvalue weighted by Gasteiger charge is 2.34. The molecule has 0 amide bonds. The third-order valence-electron chi connectivity index (χ3n) is 2.60. The van der Waals surface area contributed by atoms with Crippen LogP contribution in [0.3, 0.4) is 0 Å². The van der Waals surface area contributed by atoms with Crippen molar-refractivity contribution < 1.29 is 9.90 Å². The van der Waals surface area contributed by atoms with Gasteiger partial charge in [-0.25, -0.2) is 0 Å². The highest BCUT2D eigenvalue weighted by Crippen LogP contribution is 2.34. The second-order valence-corrected chi connectivity index (χ2v) is 4.51. The molecule has 1 aliphatic carbocycles. The van der Waals surface area contributed by atoms with Gasteiger partial charge in [-0.1, -0.05) is 20.4 Å². The van der Waals surface area contributed by atoms with Crippen molar-refractivity contribution in [1.29, 1.82) is 0 Å². The summed E-state index contributed by atoms with van der Waals surface area (Å²) in [5, 5.41) is 9.83.